The van der Waals surface area contributed by atoms with Crippen molar-refractivity contribution >= 4 is 17.9 Å². The van der Waals surface area contributed by atoms with E-state index in [1.807, 2.05) is 0 Å². The van der Waals surface area contributed by atoms with E-state index in [0.29, 0.717) is 0 Å². The van der Waals surface area contributed by atoms with Crippen molar-refractivity contribution in [2.45, 2.75) is 31.7 Å². The van der Waals surface area contributed by atoms with Crippen molar-refractivity contribution < 1.29 is 24.2 Å². The second kappa shape index (κ2) is 7.44. The molecule has 0 heterocycles. The zero-order valence-electron chi connectivity index (χ0n) is 12.0. The number of benzene rings is 1. The molecule has 0 aromatic heterocycles. The molecule has 1 saturated carbocycles. The highest BCUT2D eigenvalue weighted by Gasteiger charge is 2.18. The number of nitrogens with one attached hydrogen (secondary N) is 2. The van der Waals surface area contributed by atoms with E-state index in [4.69, 9.17) is 9.84 Å². The minimum absolute atomic E-state index is 0.0258. The smallest absolute Gasteiger partial charge is 0.338 e. The SMILES string of the molecule is O=C(COC(=O)c1ccc(O)cc1)NC(=O)NC1CCCC1. The van der Waals surface area contributed by atoms with E-state index in [1.165, 1.54) is 24.3 Å². The first-order chi connectivity index (χ1) is 10.5. The average molecular weight is 306 g/mol. The fraction of sp³-hybridized carbons (Fsp3) is 0.400. The molecule has 0 unspecified atom stereocenters. The van der Waals surface area contributed by atoms with Gasteiger partial charge in [-0.1, -0.05) is 12.8 Å². The van der Waals surface area contributed by atoms with Crippen molar-refractivity contribution in [3.05, 3.63) is 29.8 Å². The number of aromatic hydroxyl groups is 1. The van der Waals surface area contributed by atoms with E-state index in [-0.39, 0.29) is 17.4 Å². The van der Waals surface area contributed by atoms with Crippen molar-refractivity contribution in [2.75, 3.05) is 6.61 Å². The van der Waals surface area contributed by atoms with Crippen LogP contribution in [0.2, 0.25) is 0 Å². The number of hydrogen-bond acceptors (Lipinski definition) is 5. The van der Waals surface area contributed by atoms with E-state index >= 15 is 0 Å². The summed E-state index contributed by atoms with van der Waals surface area (Å²) in [6.45, 7) is -0.544. The zero-order valence-corrected chi connectivity index (χ0v) is 12.0. The van der Waals surface area contributed by atoms with Gasteiger partial charge in [-0.3, -0.25) is 10.1 Å². The van der Waals surface area contributed by atoms with E-state index in [0.717, 1.165) is 25.7 Å². The summed E-state index contributed by atoms with van der Waals surface area (Å²) in [4.78, 5) is 34.7. The Labute approximate surface area is 127 Å². The summed E-state index contributed by atoms with van der Waals surface area (Å²) in [5.74, 6) is -1.37. The van der Waals surface area contributed by atoms with Crippen LogP contribution in [-0.2, 0) is 9.53 Å². The number of hydrogen-bond donors (Lipinski definition) is 3. The van der Waals surface area contributed by atoms with Gasteiger partial charge in [0.25, 0.3) is 5.91 Å². The summed E-state index contributed by atoms with van der Waals surface area (Å²) >= 11 is 0. The predicted octanol–water partition coefficient (Wildman–Crippen LogP) is 1.32. The minimum atomic E-state index is -0.702. The highest BCUT2D eigenvalue weighted by atomic mass is 16.5. The molecule has 1 aromatic rings. The van der Waals surface area contributed by atoms with Crippen molar-refractivity contribution in [1.29, 1.82) is 0 Å². The van der Waals surface area contributed by atoms with Gasteiger partial charge in [0, 0.05) is 6.04 Å². The third-order valence-corrected chi connectivity index (χ3v) is 3.38. The lowest BCUT2D eigenvalue weighted by molar-refractivity contribution is -0.123. The lowest BCUT2D eigenvalue weighted by Gasteiger charge is -2.12. The summed E-state index contributed by atoms with van der Waals surface area (Å²) < 4.78 is 4.79. The van der Waals surface area contributed by atoms with Gasteiger partial charge in [0.2, 0.25) is 0 Å². The van der Waals surface area contributed by atoms with Crippen molar-refractivity contribution in [3.8, 4) is 5.75 Å². The number of phenols is 1. The lowest BCUT2D eigenvalue weighted by atomic mass is 10.2. The zero-order chi connectivity index (χ0) is 15.9. The van der Waals surface area contributed by atoms with Crippen LogP contribution in [0, 0.1) is 0 Å². The molecular weight excluding hydrogens is 288 g/mol. The van der Waals surface area contributed by atoms with E-state index < -0.39 is 24.5 Å². The van der Waals surface area contributed by atoms with E-state index in [1.54, 1.807) is 0 Å². The monoisotopic (exact) mass is 306 g/mol. The first-order valence-corrected chi connectivity index (χ1v) is 7.11. The summed E-state index contributed by atoms with van der Waals surface area (Å²) in [6, 6.07) is 4.97. The number of carbonyl (C=O) groups excluding carboxylic acids is 3. The number of phenolic OH excluding ortho intramolecular Hbond substituents is 1. The molecule has 3 N–H and O–H groups in total. The fourth-order valence-electron chi connectivity index (χ4n) is 2.27. The highest BCUT2D eigenvalue weighted by molar-refractivity contribution is 5.97. The summed E-state index contributed by atoms with van der Waals surface area (Å²) in [5, 5.41) is 13.9. The molecule has 1 aliphatic rings. The Balaban J connectivity index is 1.71. The van der Waals surface area contributed by atoms with Crippen LogP contribution in [0.25, 0.3) is 0 Å². The van der Waals surface area contributed by atoms with Crippen molar-refractivity contribution in [1.82, 2.24) is 10.6 Å². The Hall–Kier alpha value is -2.57. The van der Waals surface area contributed by atoms with Crippen LogP contribution in [-0.4, -0.2) is 35.7 Å². The van der Waals surface area contributed by atoms with Gasteiger partial charge >= 0.3 is 12.0 Å². The van der Waals surface area contributed by atoms with Crippen LogP contribution in [0.3, 0.4) is 0 Å². The summed E-state index contributed by atoms with van der Waals surface area (Å²) in [7, 11) is 0. The van der Waals surface area contributed by atoms with Crippen LogP contribution in [0.5, 0.6) is 5.75 Å². The van der Waals surface area contributed by atoms with E-state index in [2.05, 4.69) is 10.6 Å². The van der Waals surface area contributed by atoms with Gasteiger partial charge in [0.05, 0.1) is 5.56 Å². The van der Waals surface area contributed by atoms with Gasteiger partial charge in [0.1, 0.15) is 5.75 Å². The molecule has 118 valence electrons. The first kappa shape index (κ1) is 15.8. The van der Waals surface area contributed by atoms with Crippen LogP contribution < -0.4 is 10.6 Å². The van der Waals surface area contributed by atoms with Gasteiger partial charge in [-0.05, 0) is 37.1 Å². The Morgan fingerprint density at radius 2 is 1.77 bits per heavy atom. The van der Waals surface area contributed by atoms with E-state index in [9.17, 15) is 14.4 Å². The molecule has 7 heteroatoms. The molecule has 0 aliphatic heterocycles. The number of imide groups is 1. The quantitative estimate of drug-likeness (QED) is 0.728. The maximum Gasteiger partial charge on any atom is 0.338 e. The standard InChI is InChI=1S/C15H18N2O5/c18-12-7-5-10(6-8-12)14(20)22-9-13(19)17-15(21)16-11-3-1-2-4-11/h5-8,11,18H,1-4,9H2,(H2,16,17,19,21). The van der Waals surface area contributed by atoms with Crippen LogP contribution in [0.15, 0.2) is 24.3 Å². The number of rotatable bonds is 4. The first-order valence-electron chi connectivity index (χ1n) is 7.11. The molecule has 1 fully saturated rings. The third kappa shape index (κ3) is 4.76. The van der Waals surface area contributed by atoms with Crippen LogP contribution >= 0.6 is 0 Å². The number of amides is 3. The topological polar surface area (TPSA) is 105 Å². The number of carbonyl (C=O) groups is 3. The molecule has 22 heavy (non-hydrogen) atoms. The van der Waals surface area contributed by atoms with Gasteiger partial charge in [-0.25, -0.2) is 9.59 Å². The van der Waals surface area contributed by atoms with Gasteiger partial charge < -0.3 is 15.2 Å². The highest BCUT2D eigenvalue weighted by Crippen LogP contribution is 2.17. The molecule has 1 aliphatic carbocycles. The summed E-state index contributed by atoms with van der Waals surface area (Å²) in [6.07, 6.45) is 3.97. The predicted molar refractivity (Wildman–Crippen MR) is 77.3 cm³/mol. The average Bonchev–Trinajstić information content (AvgIpc) is 2.98. The van der Waals surface area contributed by atoms with Crippen LogP contribution in [0.1, 0.15) is 36.0 Å². The van der Waals surface area contributed by atoms with Gasteiger partial charge in [0.15, 0.2) is 6.61 Å². The molecule has 0 saturated heterocycles. The van der Waals surface area contributed by atoms with Crippen molar-refractivity contribution in [3.63, 3.8) is 0 Å². The second-order valence-electron chi connectivity index (χ2n) is 5.13. The lowest BCUT2D eigenvalue weighted by Crippen LogP contribution is -2.44. The number of ether oxygens (including phenoxy) is 1. The Morgan fingerprint density at radius 3 is 2.41 bits per heavy atom. The van der Waals surface area contributed by atoms with Gasteiger partial charge in [-0.15, -0.1) is 0 Å². The van der Waals surface area contributed by atoms with Gasteiger partial charge in [-0.2, -0.15) is 0 Å². The van der Waals surface area contributed by atoms with Crippen molar-refractivity contribution in [2.24, 2.45) is 0 Å². The summed E-state index contributed by atoms with van der Waals surface area (Å²) in [5.41, 5.74) is 0.209. The molecule has 1 aromatic carbocycles. The maximum absolute atomic E-state index is 11.6. The Kier molecular flexibility index (Phi) is 5.35. The minimum Gasteiger partial charge on any atom is -0.508 e. The molecule has 0 spiro atoms. The molecular formula is C15H18N2O5. The fourth-order valence-corrected chi connectivity index (χ4v) is 2.27. The molecule has 0 atom stereocenters. The Morgan fingerprint density at radius 1 is 1.14 bits per heavy atom. The largest absolute Gasteiger partial charge is 0.508 e. The molecule has 3 amide bonds. The number of esters is 1. The Bertz CT molecular complexity index is 550. The maximum atomic E-state index is 11.6. The second-order valence-corrected chi connectivity index (χ2v) is 5.13. The normalized spacial score (nSPS) is 14.4. The molecule has 0 radical (unpaired) electrons. The third-order valence-electron chi connectivity index (χ3n) is 3.38. The molecule has 2 rings (SSSR count). The molecule has 7 nitrogen and oxygen atoms in total. The van der Waals surface area contributed by atoms with Crippen LogP contribution in [0.4, 0.5) is 4.79 Å². The number of urea groups is 1. The molecule has 0 bridgehead atoms.